The van der Waals surface area contributed by atoms with Gasteiger partial charge in [-0.3, -0.25) is 14.7 Å². The van der Waals surface area contributed by atoms with Gasteiger partial charge in [-0.1, -0.05) is 91.0 Å². The van der Waals surface area contributed by atoms with E-state index in [4.69, 9.17) is 16.3 Å². The highest BCUT2D eigenvalue weighted by atomic mass is 35.5. The maximum Gasteiger partial charge on any atom is 0.251 e. The molecule has 1 saturated heterocycles. The lowest BCUT2D eigenvalue weighted by Gasteiger charge is -2.27. The van der Waals surface area contributed by atoms with Crippen LogP contribution in [0, 0.1) is 0 Å². The first kappa shape index (κ1) is 29.3. The SMILES string of the molecule is C=Cc1c(Cl)cc(CC(NC(=O)c2ccc(-c3ccccc3)cc2)c2ccc(CN3CCOCC3)cc2)c(O)c1N=C. The predicted octanol–water partition coefficient (Wildman–Crippen LogP) is 7.23. The maximum absolute atomic E-state index is 13.5. The van der Waals surface area contributed by atoms with Gasteiger partial charge in [0, 0.05) is 42.7 Å². The van der Waals surface area contributed by atoms with Crippen molar-refractivity contribution in [3.05, 3.63) is 124 Å². The van der Waals surface area contributed by atoms with Gasteiger partial charge in [-0.05, 0) is 47.2 Å². The first-order chi connectivity index (χ1) is 20.5. The van der Waals surface area contributed by atoms with Gasteiger partial charge in [0.05, 0.1) is 24.3 Å². The Bertz CT molecular complexity index is 1550. The second-order valence-corrected chi connectivity index (χ2v) is 10.7. The van der Waals surface area contributed by atoms with Crippen LogP contribution in [0.2, 0.25) is 5.02 Å². The summed E-state index contributed by atoms with van der Waals surface area (Å²) in [7, 11) is 0. The molecule has 1 unspecified atom stereocenters. The number of morpholine rings is 1. The largest absolute Gasteiger partial charge is 0.505 e. The van der Waals surface area contributed by atoms with Crippen LogP contribution in [0.4, 0.5) is 5.69 Å². The summed E-state index contributed by atoms with van der Waals surface area (Å²) < 4.78 is 5.47. The molecule has 2 N–H and O–H groups in total. The molecule has 0 spiro atoms. The zero-order chi connectivity index (χ0) is 29.5. The molecule has 0 aliphatic carbocycles. The number of phenolic OH excluding ortho intramolecular Hbond substituents is 1. The number of carbonyl (C=O) groups is 1. The third kappa shape index (κ3) is 6.80. The molecule has 1 heterocycles. The molecular formula is C35H34ClN3O3. The Kier molecular flexibility index (Phi) is 9.49. The number of halogens is 1. The fraction of sp³-hybridized carbons (Fsp3) is 0.200. The number of nitrogens with one attached hydrogen (secondary N) is 1. The Balaban J connectivity index is 1.42. The van der Waals surface area contributed by atoms with Crippen molar-refractivity contribution in [2.45, 2.75) is 19.0 Å². The summed E-state index contributed by atoms with van der Waals surface area (Å²) in [6, 6.07) is 27.1. The summed E-state index contributed by atoms with van der Waals surface area (Å²) in [6.07, 6.45) is 1.84. The number of ether oxygens (including phenoxy) is 1. The van der Waals surface area contributed by atoms with E-state index in [0.29, 0.717) is 28.1 Å². The van der Waals surface area contributed by atoms with Crippen molar-refractivity contribution in [1.29, 1.82) is 0 Å². The van der Waals surface area contributed by atoms with Crippen LogP contribution < -0.4 is 5.32 Å². The predicted molar refractivity (Wildman–Crippen MR) is 171 cm³/mol. The van der Waals surface area contributed by atoms with E-state index in [1.54, 1.807) is 12.1 Å². The van der Waals surface area contributed by atoms with Crippen molar-refractivity contribution in [2.24, 2.45) is 4.99 Å². The molecule has 214 valence electrons. The third-order valence-corrected chi connectivity index (χ3v) is 7.89. The van der Waals surface area contributed by atoms with E-state index in [-0.39, 0.29) is 17.3 Å². The van der Waals surface area contributed by atoms with E-state index < -0.39 is 6.04 Å². The number of aromatic hydroxyl groups is 1. The highest BCUT2D eigenvalue weighted by molar-refractivity contribution is 6.32. The number of amides is 1. The van der Waals surface area contributed by atoms with Gasteiger partial charge in [0.2, 0.25) is 0 Å². The Morgan fingerprint density at radius 3 is 2.33 bits per heavy atom. The minimum Gasteiger partial charge on any atom is -0.505 e. The van der Waals surface area contributed by atoms with E-state index >= 15 is 0 Å². The van der Waals surface area contributed by atoms with Crippen LogP contribution in [0.1, 0.15) is 38.7 Å². The van der Waals surface area contributed by atoms with Crippen molar-refractivity contribution >= 4 is 36.0 Å². The monoisotopic (exact) mass is 579 g/mol. The summed E-state index contributed by atoms with van der Waals surface area (Å²) in [6.45, 7) is 11.5. The molecule has 1 amide bonds. The minimum absolute atomic E-state index is 0.0281. The number of nitrogens with zero attached hydrogens (tertiary/aromatic N) is 2. The summed E-state index contributed by atoms with van der Waals surface area (Å²) >= 11 is 6.52. The molecule has 6 nitrogen and oxygen atoms in total. The van der Waals surface area contributed by atoms with Crippen LogP contribution in [-0.4, -0.2) is 48.9 Å². The van der Waals surface area contributed by atoms with Gasteiger partial charge >= 0.3 is 0 Å². The van der Waals surface area contributed by atoms with Crippen molar-refractivity contribution in [3.8, 4) is 16.9 Å². The van der Waals surface area contributed by atoms with E-state index in [1.165, 1.54) is 5.56 Å². The molecule has 1 aliphatic heterocycles. The number of hydrogen-bond acceptors (Lipinski definition) is 5. The first-order valence-corrected chi connectivity index (χ1v) is 14.3. The number of rotatable bonds is 10. The quantitative estimate of drug-likeness (QED) is 0.194. The molecule has 0 bridgehead atoms. The Morgan fingerprint density at radius 1 is 1.02 bits per heavy atom. The van der Waals surface area contributed by atoms with Gasteiger partial charge in [0.25, 0.3) is 5.91 Å². The van der Waals surface area contributed by atoms with Crippen LogP contribution in [0.3, 0.4) is 0 Å². The number of aliphatic imine (C=N–C) groups is 1. The van der Waals surface area contributed by atoms with Gasteiger partial charge in [-0.2, -0.15) is 0 Å². The van der Waals surface area contributed by atoms with Crippen LogP contribution in [0.25, 0.3) is 17.2 Å². The van der Waals surface area contributed by atoms with Crippen molar-refractivity contribution in [3.63, 3.8) is 0 Å². The lowest BCUT2D eigenvalue weighted by Crippen LogP contribution is -2.35. The van der Waals surface area contributed by atoms with E-state index in [2.05, 4.69) is 40.6 Å². The Hall–Kier alpha value is -4.23. The molecule has 0 saturated carbocycles. The summed E-state index contributed by atoms with van der Waals surface area (Å²) in [4.78, 5) is 19.9. The second kappa shape index (κ2) is 13.6. The maximum atomic E-state index is 13.5. The summed E-state index contributed by atoms with van der Waals surface area (Å²) in [5, 5.41) is 14.7. The summed E-state index contributed by atoms with van der Waals surface area (Å²) in [5.41, 5.74) is 6.09. The highest BCUT2D eigenvalue weighted by Crippen LogP contribution is 2.41. The number of phenols is 1. The van der Waals surface area contributed by atoms with Gasteiger partial charge < -0.3 is 15.2 Å². The molecule has 4 aromatic carbocycles. The Labute approximate surface area is 251 Å². The van der Waals surface area contributed by atoms with Crippen LogP contribution in [0.15, 0.2) is 96.5 Å². The molecule has 4 aromatic rings. The zero-order valence-electron chi connectivity index (χ0n) is 23.4. The van der Waals surface area contributed by atoms with Crippen molar-refractivity contribution in [2.75, 3.05) is 26.3 Å². The van der Waals surface area contributed by atoms with Gasteiger partial charge in [0.1, 0.15) is 11.4 Å². The van der Waals surface area contributed by atoms with Crippen molar-refractivity contribution < 1.29 is 14.6 Å². The van der Waals surface area contributed by atoms with Gasteiger partial charge in [-0.25, -0.2) is 0 Å². The minimum atomic E-state index is -0.446. The topological polar surface area (TPSA) is 74.2 Å². The second-order valence-electron chi connectivity index (χ2n) is 10.3. The standard InChI is InChI=1S/C35H34ClN3O3/c1-3-30-31(36)21-29(34(40)33(30)37-2)22-32(27-11-9-24(10-12-27)23-39-17-19-42-20-18-39)38-35(41)28-15-13-26(14-16-28)25-7-5-4-6-8-25/h3-16,21,32,40H,1-2,17-20,22-23H2,(H,38,41). The smallest absolute Gasteiger partial charge is 0.251 e. The van der Waals surface area contributed by atoms with Crippen molar-refractivity contribution in [1.82, 2.24) is 10.2 Å². The van der Waals surface area contributed by atoms with E-state index in [9.17, 15) is 9.90 Å². The van der Waals surface area contributed by atoms with E-state index in [0.717, 1.165) is 49.5 Å². The molecular weight excluding hydrogens is 546 g/mol. The number of hydrogen-bond donors (Lipinski definition) is 2. The fourth-order valence-corrected chi connectivity index (χ4v) is 5.53. The molecule has 1 atom stereocenters. The summed E-state index contributed by atoms with van der Waals surface area (Å²) in [5.74, 6) is -0.243. The third-order valence-electron chi connectivity index (χ3n) is 7.58. The lowest BCUT2D eigenvalue weighted by molar-refractivity contribution is 0.0342. The fourth-order valence-electron chi connectivity index (χ4n) is 5.23. The van der Waals surface area contributed by atoms with Crippen LogP contribution >= 0.6 is 11.6 Å². The molecule has 1 fully saturated rings. The molecule has 42 heavy (non-hydrogen) atoms. The molecule has 5 rings (SSSR count). The van der Waals surface area contributed by atoms with Crippen LogP contribution in [-0.2, 0) is 17.7 Å². The number of benzene rings is 4. The zero-order valence-corrected chi connectivity index (χ0v) is 24.2. The first-order valence-electron chi connectivity index (χ1n) is 14.0. The van der Waals surface area contributed by atoms with Crippen LogP contribution in [0.5, 0.6) is 5.75 Å². The highest BCUT2D eigenvalue weighted by Gasteiger charge is 2.22. The molecule has 1 aliphatic rings. The molecule has 0 aromatic heterocycles. The van der Waals surface area contributed by atoms with E-state index in [1.807, 2.05) is 66.7 Å². The van der Waals surface area contributed by atoms with Gasteiger partial charge in [-0.15, -0.1) is 0 Å². The Morgan fingerprint density at radius 2 is 1.69 bits per heavy atom. The average Bonchev–Trinajstić information content (AvgIpc) is 3.03. The average molecular weight is 580 g/mol. The lowest BCUT2D eigenvalue weighted by atomic mass is 9.95. The van der Waals surface area contributed by atoms with Gasteiger partial charge in [0.15, 0.2) is 0 Å². The number of carbonyl (C=O) groups excluding carboxylic acids is 1. The normalized spacial score (nSPS) is 14.2. The molecule has 0 radical (unpaired) electrons. The molecule has 7 heteroatoms.